The zero-order valence-corrected chi connectivity index (χ0v) is 21.2. The van der Waals surface area contributed by atoms with Crippen molar-refractivity contribution in [2.45, 2.75) is 80.1 Å². The van der Waals surface area contributed by atoms with E-state index in [0.717, 1.165) is 16.9 Å². The lowest BCUT2D eigenvalue weighted by atomic mass is 9.79. The van der Waals surface area contributed by atoms with Crippen LogP contribution in [0.15, 0.2) is 18.2 Å². The van der Waals surface area contributed by atoms with Crippen LogP contribution in [0.4, 0.5) is 0 Å². The van der Waals surface area contributed by atoms with E-state index in [9.17, 15) is 5.02 Å². The minimum atomic E-state index is -1.24. The van der Waals surface area contributed by atoms with Gasteiger partial charge in [0.2, 0.25) is 0 Å². The molecule has 0 aliphatic rings. The first-order chi connectivity index (χ1) is 14.2. The van der Waals surface area contributed by atoms with Crippen LogP contribution < -0.4 is 4.65 Å². The van der Waals surface area contributed by atoms with E-state index in [0.29, 0.717) is 19.8 Å². The second-order valence-electron chi connectivity index (χ2n) is 10.6. The maximum Gasteiger partial charge on any atom is 0.713 e. The van der Waals surface area contributed by atoms with Crippen LogP contribution in [-0.2, 0) is 29.4 Å². The number of rotatable bonds is 12. The molecule has 0 aromatic heterocycles. The van der Waals surface area contributed by atoms with Gasteiger partial charge in [0.15, 0.2) is 0 Å². The fraction of sp³-hybridized carbons (Fsp3) is 0.739. The van der Waals surface area contributed by atoms with Gasteiger partial charge in [-0.2, -0.15) is 0 Å². The minimum Gasteiger partial charge on any atom is -0.511 e. The van der Waals surface area contributed by atoms with Crippen LogP contribution in [0.2, 0.25) is 0 Å². The van der Waals surface area contributed by atoms with E-state index in [1.165, 1.54) is 0 Å². The van der Waals surface area contributed by atoms with Crippen LogP contribution in [0.1, 0.15) is 80.4 Å². The van der Waals surface area contributed by atoms with Gasteiger partial charge in [0.05, 0.1) is 0 Å². The topological polar surface area (TPSA) is 66.4 Å². The molecule has 0 fully saturated rings. The van der Waals surface area contributed by atoms with Crippen LogP contribution in [-0.4, -0.2) is 46.1 Å². The summed E-state index contributed by atoms with van der Waals surface area (Å²) < 4.78 is 28.6. The van der Waals surface area contributed by atoms with E-state index in [1.807, 2.05) is 20.8 Å². The zero-order chi connectivity index (χ0) is 23.9. The summed E-state index contributed by atoms with van der Waals surface area (Å²) in [5.41, 5.74) is 1.63. The van der Waals surface area contributed by atoms with Crippen LogP contribution in [0.25, 0.3) is 0 Å². The Hall–Kier alpha value is -1.05. The largest absolute Gasteiger partial charge is 0.713 e. The third-order valence-corrected chi connectivity index (χ3v) is 4.68. The monoisotopic (exact) mass is 436 g/mol. The smallest absolute Gasteiger partial charge is 0.511 e. The molecular weight excluding hydrogens is 394 g/mol. The molecule has 0 atom stereocenters. The summed E-state index contributed by atoms with van der Waals surface area (Å²) in [6.45, 7) is 22.1. The molecule has 1 N–H and O–H groups in total. The minimum absolute atomic E-state index is 0.101. The fourth-order valence-electron chi connectivity index (χ4n) is 3.02. The normalized spacial score (nSPS) is 12.7. The molecule has 6 nitrogen and oxygen atoms in total. The average molecular weight is 436 g/mol. The molecule has 1 aromatic carbocycles. The van der Waals surface area contributed by atoms with Gasteiger partial charge < -0.3 is 28.3 Å². The predicted octanol–water partition coefficient (Wildman–Crippen LogP) is 4.75. The van der Waals surface area contributed by atoms with Crippen LogP contribution >= 0.6 is 0 Å². The van der Waals surface area contributed by atoms with Crippen LogP contribution in [0.5, 0.6) is 5.75 Å². The molecule has 0 saturated carbocycles. The van der Waals surface area contributed by atoms with Crippen molar-refractivity contribution in [1.29, 1.82) is 0 Å². The van der Waals surface area contributed by atoms with Gasteiger partial charge in [-0.3, -0.25) is 0 Å². The first-order valence-corrected chi connectivity index (χ1v) is 11.2. The molecule has 0 amide bonds. The molecule has 0 bridgehead atoms. The molecule has 0 aliphatic carbocycles. The third kappa shape index (κ3) is 9.54. The van der Waals surface area contributed by atoms with E-state index in [4.69, 9.17) is 23.3 Å². The second-order valence-corrected chi connectivity index (χ2v) is 10.6. The van der Waals surface area contributed by atoms with Gasteiger partial charge in [0, 0.05) is 31.8 Å². The van der Waals surface area contributed by atoms with Gasteiger partial charge in [0.1, 0.15) is 5.75 Å². The third-order valence-electron chi connectivity index (χ3n) is 4.68. The Bertz CT molecular complexity index is 635. The van der Waals surface area contributed by atoms with Crippen molar-refractivity contribution in [3.63, 3.8) is 0 Å². The van der Waals surface area contributed by atoms with Crippen LogP contribution in [0.3, 0.4) is 0 Å². The Labute approximate surface area is 190 Å². The van der Waals surface area contributed by atoms with E-state index < -0.39 is 14.6 Å². The molecule has 1 aromatic rings. The SMILES string of the molecule is CCOB(O)OCC(C)(C)COB(OCC)Oc1c(C(C)(C)C)cccc1C(C)(C)C. The molecule has 8 heteroatoms. The molecule has 0 saturated heterocycles. The first-order valence-electron chi connectivity index (χ1n) is 11.2. The highest BCUT2D eigenvalue weighted by Gasteiger charge is 2.34. The summed E-state index contributed by atoms with van der Waals surface area (Å²) in [5.74, 6) is 0.807. The van der Waals surface area contributed by atoms with E-state index in [-0.39, 0.29) is 22.9 Å². The van der Waals surface area contributed by atoms with Crippen molar-refractivity contribution in [3.8, 4) is 5.75 Å². The number of benzene rings is 1. The molecule has 0 aliphatic heterocycles. The molecule has 31 heavy (non-hydrogen) atoms. The lowest BCUT2D eigenvalue weighted by Crippen LogP contribution is -2.38. The standard InChI is InChI=1S/C23H42B2O6/c1-11-27-24(26)29-16-23(9,10)17-30-25(28-12-2)31-20-18(21(3,4)5)14-13-15-19(20)22(6,7)8/h13-15,26H,11-12,16-17H2,1-10H3. The van der Waals surface area contributed by atoms with Crippen molar-refractivity contribution in [1.82, 2.24) is 0 Å². The molecule has 0 spiro atoms. The lowest BCUT2D eigenvalue weighted by Gasteiger charge is -2.31. The van der Waals surface area contributed by atoms with Gasteiger partial charge in [-0.05, 0) is 35.8 Å². The molecule has 1 rings (SSSR count). The zero-order valence-electron chi connectivity index (χ0n) is 21.2. The van der Waals surface area contributed by atoms with E-state index >= 15 is 0 Å². The van der Waals surface area contributed by atoms with Gasteiger partial charge in [-0.15, -0.1) is 0 Å². The maximum absolute atomic E-state index is 9.65. The maximum atomic E-state index is 9.65. The lowest BCUT2D eigenvalue weighted by molar-refractivity contribution is 0.0423. The molecular formula is C23H42B2O6. The summed E-state index contributed by atoms with van der Waals surface area (Å²) in [6.07, 6.45) is 0. The Morgan fingerprint density at radius 1 is 0.742 bits per heavy atom. The first kappa shape index (κ1) is 28.0. The van der Waals surface area contributed by atoms with Crippen molar-refractivity contribution < 1.29 is 28.3 Å². The number of hydrogen-bond acceptors (Lipinski definition) is 6. The summed E-state index contributed by atoms with van der Waals surface area (Å²) >= 11 is 0. The van der Waals surface area contributed by atoms with Gasteiger partial charge in [-0.25, -0.2) is 0 Å². The quantitative estimate of drug-likeness (QED) is 0.477. The molecule has 176 valence electrons. The summed E-state index contributed by atoms with van der Waals surface area (Å²) in [7, 11) is -2.10. The molecule has 0 radical (unpaired) electrons. The Balaban J connectivity index is 3.03. The van der Waals surface area contributed by atoms with Gasteiger partial charge in [0.25, 0.3) is 0 Å². The van der Waals surface area contributed by atoms with Gasteiger partial charge in [-0.1, -0.05) is 73.6 Å². The Morgan fingerprint density at radius 3 is 1.68 bits per heavy atom. The predicted molar refractivity (Wildman–Crippen MR) is 127 cm³/mol. The van der Waals surface area contributed by atoms with Gasteiger partial charge >= 0.3 is 14.6 Å². The van der Waals surface area contributed by atoms with Crippen molar-refractivity contribution in [3.05, 3.63) is 29.3 Å². The second kappa shape index (κ2) is 11.7. The molecule has 0 unspecified atom stereocenters. The highest BCUT2D eigenvalue weighted by Crippen LogP contribution is 2.40. The van der Waals surface area contributed by atoms with E-state index in [2.05, 4.69) is 59.7 Å². The Kier molecular flexibility index (Phi) is 10.6. The average Bonchev–Trinajstić information content (AvgIpc) is 2.63. The van der Waals surface area contributed by atoms with Crippen molar-refractivity contribution in [2.75, 3.05) is 26.4 Å². The van der Waals surface area contributed by atoms with E-state index in [1.54, 1.807) is 6.92 Å². The summed E-state index contributed by atoms with van der Waals surface area (Å²) in [5, 5.41) is 9.65. The summed E-state index contributed by atoms with van der Waals surface area (Å²) in [6, 6.07) is 6.27. The van der Waals surface area contributed by atoms with Crippen LogP contribution in [0, 0.1) is 5.41 Å². The fourth-order valence-corrected chi connectivity index (χ4v) is 3.02. The Morgan fingerprint density at radius 2 is 1.23 bits per heavy atom. The highest BCUT2D eigenvalue weighted by atomic mass is 16.7. The van der Waals surface area contributed by atoms with Crippen molar-refractivity contribution in [2.24, 2.45) is 5.41 Å². The highest BCUT2D eigenvalue weighted by molar-refractivity contribution is 6.37. The molecule has 0 heterocycles. The van der Waals surface area contributed by atoms with Crippen molar-refractivity contribution >= 4 is 14.6 Å². The number of para-hydroxylation sites is 1. The number of hydrogen-bond donors (Lipinski definition) is 1. The summed E-state index contributed by atoms with van der Waals surface area (Å²) in [4.78, 5) is 0.